The van der Waals surface area contributed by atoms with E-state index < -0.39 is 0 Å². The molecule has 96 valence electrons. The van der Waals surface area contributed by atoms with Crippen LogP contribution in [0.25, 0.3) is 0 Å². The molecule has 2 aromatic rings. The number of ether oxygens (including phenoxy) is 1. The van der Waals surface area contributed by atoms with Crippen molar-refractivity contribution in [3.63, 3.8) is 0 Å². The second-order valence-corrected chi connectivity index (χ2v) is 4.03. The molecule has 1 aromatic heterocycles. The summed E-state index contributed by atoms with van der Waals surface area (Å²) >= 11 is 0. The molecule has 5 nitrogen and oxygen atoms in total. The topological polar surface area (TPSA) is 52.0 Å². The van der Waals surface area contributed by atoms with Gasteiger partial charge < -0.3 is 10.1 Å². The molecular formula is C13H18N4O. The van der Waals surface area contributed by atoms with Gasteiger partial charge in [0.05, 0.1) is 13.7 Å². The Morgan fingerprint density at radius 3 is 2.72 bits per heavy atom. The molecule has 1 heterocycles. The molecule has 0 spiro atoms. The van der Waals surface area contributed by atoms with Gasteiger partial charge in [0.2, 0.25) is 0 Å². The van der Waals surface area contributed by atoms with Gasteiger partial charge in [0.15, 0.2) is 0 Å². The Kier molecular flexibility index (Phi) is 4.30. The molecule has 2 rings (SSSR count). The van der Waals surface area contributed by atoms with Crippen LogP contribution < -0.4 is 10.1 Å². The van der Waals surface area contributed by atoms with Crippen LogP contribution in [0.2, 0.25) is 0 Å². The van der Waals surface area contributed by atoms with E-state index in [2.05, 4.69) is 27.5 Å². The van der Waals surface area contributed by atoms with Crippen LogP contribution in [0.5, 0.6) is 5.75 Å². The molecule has 0 unspecified atom stereocenters. The highest BCUT2D eigenvalue weighted by Gasteiger charge is 2.03. The highest BCUT2D eigenvalue weighted by Crippen LogP contribution is 2.12. The fourth-order valence-corrected chi connectivity index (χ4v) is 1.80. The maximum absolute atomic E-state index is 5.13. The minimum absolute atomic E-state index is 0.739. The van der Waals surface area contributed by atoms with E-state index in [1.807, 2.05) is 23.9 Å². The van der Waals surface area contributed by atoms with Crippen LogP contribution in [0.15, 0.2) is 30.6 Å². The molecule has 1 N–H and O–H groups in total. The molecule has 0 aliphatic heterocycles. The van der Waals surface area contributed by atoms with E-state index in [0.717, 1.165) is 31.1 Å². The molecule has 0 atom stereocenters. The lowest BCUT2D eigenvalue weighted by atomic mass is 10.1. The molecule has 0 bridgehead atoms. The molecule has 5 heteroatoms. The van der Waals surface area contributed by atoms with E-state index in [1.165, 1.54) is 5.56 Å². The van der Waals surface area contributed by atoms with Crippen molar-refractivity contribution < 1.29 is 4.74 Å². The first-order valence-corrected chi connectivity index (χ1v) is 5.97. The average molecular weight is 246 g/mol. The lowest BCUT2D eigenvalue weighted by Gasteiger charge is -2.06. The van der Waals surface area contributed by atoms with Crippen LogP contribution in [0, 0.1) is 0 Å². The van der Waals surface area contributed by atoms with Gasteiger partial charge in [0.25, 0.3) is 0 Å². The number of benzene rings is 1. The van der Waals surface area contributed by atoms with Gasteiger partial charge >= 0.3 is 0 Å². The van der Waals surface area contributed by atoms with E-state index in [1.54, 1.807) is 13.4 Å². The maximum Gasteiger partial charge on any atom is 0.140 e. The summed E-state index contributed by atoms with van der Waals surface area (Å²) < 4.78 is 7.07. The summed E-state index contributed by atoms with van der Waals surface area (Å²) in [5.74, 6) is 1.85. The number of hydrogen-bond acceptors (Lipinski definition) is 4. The summed E-state index contributed by atoms with van der Waals surface area (Å²) in [7, 11) is 3.58. The smallest absolute Gasteiger partial charge is 0.140 e. The number of nitrogens with one attached hydrogen (secondary N) is 1. The molecule has 0 aliphatic rings. The average Bonchev–Trinajstić information content (AvgIpc) is 2.85. The van der Waals surface area contributed by atoms with Crippen molar-refractivity contribution in [2.24, 2.45) is 0 Å². The molecule has 0 aliphatic carbocycles. The Morgan fingerprint density at radius 1 is 1.28 bits per heavy atom. The predicted molar refractivity (Wildman–Crippen MR) is 69.5 cm³/mol. The highest BCUT2D eigenvalue weighted by atomic mass is 16.5. The molecule has 0 fully saturated rings. The number of aryl methyl sites for hydroxylation is 2. The Morgan fingerprint density at radius 2 is 2.06 bits per heavy atom. The normalized spacial score (nSPS) is 10.6. The van der Waals surface area contributed by atoms with Gasteiger partial charge in [-0.1, -0.05) is 12.1 Å². The van der Waals surface area contributed by atoms with E-state index in [-0.39, 0.29) is 0 Å². The minimum Gasteiger partial charge on any atom is -0.497 e. The number of aromatic nitrogens is 3. The van der Waals surface area contributed by atoms with Crippen LogP contribution in [0.4, 0.5) is 0 Å². The third-order valence-corrected chi connectivity index (χ3v) is 2.80. The van der Waals surface area contributed by atoms with Gasteiger partial charge in [-0.2, -0.15) is 5.10 Å². The standard InChI is InChI=1S/C13H18N4O/c1-14-9-13-15-10-16-17(13)8-7-11-3-5-12(18-2)6-4-11/h3-6,10,14H,7-9H2,1-2H3. The molecule has 0 amide bonds. The predicted octanol–water partition coefficient (Wildman–Crippen LogP) is 1.25. The largest absolute Gasteiger partial charge is 0.497 e. The van der Waals surface area contributed by atoms with Crippen molar-refractivity contribution in [2.45, 2.75) is 19.5 Å². The first kappa shape index (κ1) is 12.6. The zero-order valence-electron chi connectivity index (χ0n) is 10.8. The van der Waals surface area contributed by atoms with Crippen LogP contribution in [-0.2, 0) is 19.5 Å². The fourth-order valence-electron chi connectivity index (χ4n) is 1.80. The lowest BCUT2D eigenvalue weighted by Crippen LogP contribution is -2.14. The van der Waals surface area contributed by atoms with E-state index in [0.29, 0.717) is 0 Å². The molecule has 18 heavy (non-hydrogen) atoms. The second-order valence-electron chi connectivity index (χ2n) is 4.03. The quantitative estimate of drug-likeness (QED) is 0.833. The highest BCUT2D eigenvalue weighted by molar-refractivity contribution is 5.27. The first-order chi connectivity index (χ1) is 8.83. The summed E-state index contributed by atoms with van der Waals surface area (Å²) in [6, 6.07) is 8.11. The van der Waals surface area contributed by atoms with Crippen molar-refractivity contribution in [3.8, 4) is 5.75 Å². The van der Waals surface area contributed by atoms with E-state index in [9.17, 15) is 0 Å². The van der Waals surface area contributed by atoms with E-state index in [4.69, 9.17) is 4.74 Å². The summed E-state index contributed by atoms with van der Waals surface area (Å²) in [4.78, 5) is 4.21. The van der Waals surface area contributed by atoms with Crippen LogP contribution >= 0.6 is 0 Å². The lowest BCUT2D eigenvalue weighted by molar-refractivity contribution is 0.414. The van der Waals surface area contributed by atoms with Gasteiger partial charge in [0, 0.05) is 6.54 Å². The number of nitrogens with zero attached hydrogens (tertiary/aromatic N) is 3. The fraction of sp³-hybridized carbons (Fsp3) is 0.385. The van der Waals surface area contributed by atoms with Crippen molar-refractivity contribution in [3.05, 3.63) is 42.0 Å². The number of hydrogen-bond donors (Lipinski definition) is 1. The second kappa shape index (κ2) is 6.16. The maximum atomic E-state index is 5.13. The van der Waals surface area contributed by atoms with Crippen molar-refractivity contribution in [2.75, 3.05) is 14.2 Å². The Labute approximate surface area is 107 Å². The van der Waals surface area contributed by atoms with Crippen LogP contribution in [0.1, 0.15) is 11.4 Å². The number of rotatable bonds is 6. The summed E-state index contributed by atoms with van der Waals surface area (Å²) in [6.07, 6.45) is 2.53. The van der Waals surface area contributed by atoms with Gasteiger partial charge in [-0.15, -0.1) is 0 Å². The van der Waals surface area contributed by atoms with Crippen molar-refractivity contribution in [1.29, 1.82) is 0 Å². The van der Waals surface area contributed by atoms with Crippen LogP contribution in [-0.4, -0.2) is 28.9 Å². The summed E-state index contributed by atoms with van der Waals surface area (Å²) in [5, 5.41) is 7.31. The molecule has 0 saturated carbocycles. The van der Waals surface area contributed by atoms with Crippen LogP contribution in [0.3, 0.4) is 0 Å². The molecule has 0 radical (unpaired) electrons. The zero-order chi connectivity index (χ0) is 12.8. The Bertz CT molecular complexity index is 478. The van der Waals surface area contributed by atoms with Crippen molar-refractivity contribution in [1.82, 2.24) is 20.1 Å². The molecule has 1 aromatic carbocycles. The van der Waals surface area contributed by atoms with Crippen molar-refractivity contribution >= 4 is 0 Å². The zero-order valence-corrected chi connectivity index (χ0v) is 10.8. The minimum atomic E-state index is 0.739. The molecular weight excluding hydrogens is 228 g/mol. The Hall–Kier alpha value is -1.88. The SMILES string of the molecule is CNCc1ncnn1CCc1ccc(OC)cc1. The van der Waals surface area contributed by atoms with Gasteiger partial charge in [-0.05, 0) is 31.2 Å². The third-order valence-electron chi connectivity index (χ3n) is 2.80. The Balaban J connectivity index is 1.95. The third kappa shape index (κ3) is 3.07. The molecule has 0 saturated heterocycles. The van der Waals surface area contributed by atoms with Gasteiger partial charge in [-0.3, -0.25) is 0 Å². The first-order valence-electron chi connectivity index (χ1n) is 5.97. The van der Waals surface area contributed by atoms with E-state index >= 15 is 0 Å². The monoisotopic (exact) mass is 246 g/mol. The summed E-state index contributed by atoms with van der Waals surface area (Å²) in [6.45, 7) is 1.58. The number of methoxy groups -OCH3 is 1. The van der Waals surface area contributed by atoms with Gasteiger partial charge in [0.1, 0.15) is 17.9 Å². The van der Waals surface area contributed by atoms with Gasteiger partial charge in [-0.25, -0.2) is 9.67 Å². The summed E-state index contributed by atoms with van der Waals surface area (Å²) in [5.41, 5.74) is 1.27.